The zero-order valence-electron chi connectivity index (χ0n) is 35.1. The molecule has 1 amide bonds. The van der Waals surface area contributed by atoms with Crippen molar-refractivity contribution in [1.29, 1.82) is 0 Å². The van der Waals surface area contributed by atoms with E-state index in [9.17, 15) is 23.1 Å². The van der Waals surface area contributed by atoms with Crippen molar-refractivity contribution in [3.8, 4) is 11.1 Å². The lowest BCUT2D eigenvalue weighted by Gasteiger charge is -2.58. The van der Waals surface area contributed by atoms with Crippen molar-refractivity contribution in [3.05, 3.63) is 88.9 Å². The molecule has 3 atom stereocenters. The number of anilines is 2. The minimum absolute atomic E-state index is 0.0468. The van der Waals surface area contributed by atoms with E-state index in [1.807, 2.05) is 71.1 Å². The minimum Gasteiger partial charge on any atom is -0.476 e. The molecule has 61 heavy (non-hydrogen) atoms. The third kappa shape index (κ3) is 9.38. The topological polar surface area (TPSA) is 189 Å². The first kappa shape index (κ1) is 42.9. The molecule has 1 aliphatic heterocycles. The van der Waals surface area contributed by atoms with Crippen LogP contribution in [0, 0.1) is 17.8 Å². The molecule has 8 rings (SSSR count). The van der Waals surface area contributed by atoms with Crippen LogP contribution in [0.15, 0.2) is 60.8 Å². The van der Waals surface area contributed by atoms with Gasteiger partial charge in [-0.2, -0.15) is 13.5 Å². The van der Waals surface area contributed by atoms with E-state index in [0.717, 1.165) is 84.0 Å². The van der Waals surface area contributed by atoms with Gasteiger partial charge in [-0.3, -0.25) is 19.3 Å². The first-order chi connectivity index (χ1) is 29.2. The number of amides is 1. The molecule has 16 heteroatoms. The monoisotopic (exact) mass is 869 g/mol. The number of aromatic nitrogens is 4. The molecule has 3 aromatic heterocycles. The van der Waals surface area contributed by atoms with Gasteiger partial charge in [-0.05, 0) is 111 Å². The van der Waals surface area contributed by atoms with Gasteiger partial charge in [0.25, 0.3) is 16.0 Å². The predicted octanol–water partition coefficient (Wildman–Crippen LogP) is 7.77. The summed E-state index contributed by atoms with van der Waals surface area (Å²) in [5.41, 5.74) is 5.11. The van der Waals surface area contributed by atoms with E-state index in [4.69, 9.17) is 19.4 Å². The molecule has 0 saturated heterocycles. The van der Waals surface area contributed by atoms with Crippen LogP contribution in [0.2, 0.25) is 0 Å². The van der Waals surface area contributed by atoms with Crippen molar-refractivity contribution >= 4 is 54.5 Å². The summed E-state index contributed by atoms with van der Waals surface area (Å²) in [5, 5.41) is 22.1. The Kier molecular flexibility index (Phi) is 12.1. The number of thiazole rings is 1. The number of benzene rings is 2. The summed E-state index contributed by atoms with van der Waals surface area (Å²) < 4.78 is 41.2. The van der Waals surface area contributed by atoms with Crippen LogP contribution < -0.4 is 15.5 Å². The Morgan fingerprint density at radius 2 is 1.84 bits per heavy atom. The molecular formula is C45H55N7O7S2. The molecule has 324 valence electrons. The van der Waals surface area contributed by atoms with Gasteiger partial charge in [0.05, 0.1) is 34.4 Å². The van der Waals surface area contributed by atoms with Crippen LogP contribution in [-0.2, 0) is 34.4 Å². The number of nitrogens with zero attached hydrogens (tertiary/aromatic N) is 5. The van der Waals surface area contributed by atoms with E-state index in [0.29, 0.717) is 61.3 Å². The number of pyridine rings is 1. The third-order valence-corrected chi connectivity index (χ3v) is 14.7. The van der Waals surface area contributed by atoms with Gasteiger partial charge in [0, 0.05) is 55.1 Å². The summed E-state index contributed by atoms with van der Waals surface area (Å²) in [6.45, 7) is 9.41. The Hall–Kier alpha value is -4.74. The first-order valence-electron chi connectivity index (χ1n) is 21.3. The largest absolute Gasteiger partial charge is 0.476 e. The molecule has 2 fully saturated rings. The lowest BCUT2D eigenvalue weighted by Crippen LogP contribution is -2.55. The van der Waals surface area contributed by atoms with E-state index in [1.165, 1.54) is 11.3 Å². The highest BCUT2D eigenvalue weighted by Crippen LogP contribution is 2.60. The smallest absolute Gasteiger partial charge is 0.355 e. The minimum atomic E-state index is -4.02. The Labute approximate surface area is 360 Å². The van der Waals surface area contributed by atoms with E-state index >= 15 is 0 Å². The lowest BCUT2D eigenvalue weighted by molar-refractivity contribution is -0.172. The third-order valence-electron chi connectivity index (χ3n) is 13.0. The number of nitrogens with one attached hydrogen (secondary N) is 2. The standard InChI is InChI=1S/C45H55N7O7S2/c1-4-16-43(3)26-44(17-8-18-45(27-43,28-44)59-22-19-46-20-23-61(56,57)58)29-52-30(2)34(24-47-52)32-13-14-38(49-39(32)41(54)55)51-21-15-31-9-7-10-33(35(31)25-51)40(53)50-42-48-36-11-5-6-12-37(36)60-42/h5-7,9-14,24,46H,4,8,15-23,25-29H2,1-3H3,(H,54,55)(H,48,50,53)(H,56,57,58). The van der Waals surface area contributed by atoms with Crippen LogP contribution in [0.4, 0.5) is 10.9 Å². The van der Waals surface area contributed by atoms with Crippen molar-refractivity contribution in [2.45, 2.75) is 97.2 Å². The number of fused-ring (bicyclic) bond motifs is 4. The summed E-state index contributed by atoms with van der Waals surface area (Å²) in [4.78, 5) is 37.9. The Balaban J connectivity index is 0.999. The molecule has 5 aromatic rings. The van der Waals surface area contributed by atoms with Crippen molar-refractivity contribution in [2.24, 2.45) is 10.8 Å². The number of carbonyl (C=O) groups excluding carboxylic acids is 1. The average Bonchev–Trinajstić information content (AvgIpc) is 3.79. The fourth-order valence-electron chi connectivity index (χ4n) is 10.8. The quantitative estimate of drug-likeness (QED) is 0.0558. The number of ether oxygens (including phenoxy) is 1. The molecule has 2 aromatic carbocycles. The van der Waals surface area contributed by atoms with Gasteiger partial charge < -0.3 is 20.1 Å². The highest BCUT2D eigenvalue weighted by atomic mass is 32.2. The number of rotatable bonds is 16. The summed E-state index contributed by atoms with van der Waals surface area (Å²) in [6.07, 6.45) is 10.5. The number of carbonyl (C=O) groups is 2. The fourth-order valence-corrected chi connectivity index (χ4v) is 12.0. The van der Waals surface area contributed by atoms with Crippen LogP contribution in [-0.4, -0.2) is 87.3 Å². The molecule has 4 heterocycles. The van der Waals surface area contributed by atoms with Gasteiger partial charge in [0.2, 0.25) is 0 Å². The molecule has 3 aliphatic rings. The second kappa shape index (κ2) is 17.2. The van der Waals surface area contributed by atoms with Crippen molar-refractivity contribution < 1.29 is 32.4 Å². The molecule has 0 spiro atoms. The van der Waals surface area contributed by atoms with Gasteiger partial charge in [-0.1, -0.05) is 55.9 Å². The second-order valence-corrected chi connectivity index (χ2v) is 20.3. The Morgan fingerprint density at radius 3 is 2.62 bits per heavy atom. The van der Waals surface area contributed by atoms with Gasteiger partial charge in [0.15, 0.2) is 10.8 Å². The number of aromatic carboxylic acids is 1. The molecular weight excluding hydrogens is 815 g/mol. The number of hydrogen-bond acceptors (Lipinski definition) is 11. The zero-order valence-corrected chi connectivity index (χ0v) is 36.7. The number of carboxylic acid groups (broad SMARTS) is 1. The summed E-state index contributed by atoms with van der Waals surface area (Å²) in [7, 11) is -4.02. The summed E-state index contributed by atoms with van der Waals surface area (Å²) >= 11 is 1.43. The average molecular weight is 870 g/mol. The van der Waals surface area contributed by atoms with Gasteiger partial charge >= 0.3 is 5.97 Å². The summed E-state index contributed by atoms with van der Waals surface area (Å²) in [6, 6.07) is 17.2. The van der Waals surface area contributed by atoms with E-state index in [2.05, 4.69) is 29.5 Å². The maximum Gasteiger partial charge on any atom is 0.355 e. The fraction of sp³-hybridized carbons (Fsp3) is 0.489. The maximum absolute atomic E-state index is 13.7. The summed E-state index contributed by atoms with van der Waals surface area (Å²) in [5.74, 6) is -1.17. The van der Waals surface area contributed by atoms with Gasteiger partial charge in [-0.15, -0.1) is 0 Å². The van der Waals surface area contributed by atoms with Crippen molar-refractivity contribution in [3.63, 3.8) is 0 Å². The molecule has 2 saturated carbocycles. The molecule has 0 radical (unpaired) electrons. The lowest BCUT2D eigenvalue weighted by atomic mass is 9.51. The van der Waals surface area contributed by atoms with Crippen LogP contribution in [0.3, 0.4) is 0 Å². The number of hydrogen-bond donors (Lipinski definition) is 4. The molecule has 4 N–H and O–H groups in total. The highest BCUT2D eigenvalue weighted by molar-refractivity contribution is 7.85. The van der Waals surface area contributed by atoms with Crippen LogP contribution in [0.5, 0.6) is 0 Å². The van der Waals surface area contributed by atoms with Crippen LogP contribution >= 0.6 is 11.3 Å². The van der Waals surface area contributed by atoms with E-state index in [-0.39, 0.29) is 40.3 Å². The number of para-hydroxylation sites is 1. The van der Waals surface area contributed by atoms with Crippen LogP contribution in [0.25, 0.3) is 21.3 Å². The van der Waals surface area contributed by atoms with Crippen molar-refractivity contribution in [2.75, 3.05) is 42.2 Å². The normalized spacial score (nSPS) is 22.6. The predicted molar refractivity (Wildman–Crippen MR) is 237 cm³/mol. The molecule has 14 nitrogen and oxygen atoms in total. The van der Waals surface area contributed by atoms with E-state index in [1.54, 1.807) is 6.20 Å². The Morgan fingerprint density at radius 1 is 1.00 bits per heavy atom. The van der Waals surface area contributed by atoms with Crippen molar-refractivity contribution in [1.82, 2.24) is 25.1 Å². The molecule has 2 aliphatic carbocycles. The van der Waals surface area contributed by atoms with Gasteiger partial charge in [0.1, 0.15) is 5.82 Å². The molecule has 3 unspecified atom stereocenters. The zero-order chi connectivity index (χ0) is 43.0. The molecule has 2 bridgehead atoms. The highest BCUT2D eigenvalue weighted by Gasteiger charge is 2.55. The Bertz CT molecular complexity index is 2530. The first-order valence-corrected chi connectivity index (χ1v) is 23.7. The second-order valence-electron chi connectivity index (χ2n) is 17.7. The van der Waals surface area contributed by atoms with Crippen LogP contribution in [0.1, 0.15) is 103 Å². The van der Waals surface area contributed by atoms with Gasteiger partial charge in [-0.25, -0.2) is 14.8 Å². The number of carboxylic acids is 1. The maximum atomic E-state index is 13.7. The van der Waals surface area contributed by atoms with E-state index < -0.39 is 16.1 Å². The SMILES string of the molecule is CCCC1(C)CC2(Cn3ncc(-c4ccc(N5CCc6cccc(C(=O)Nc7nc8ccccc8s7)c6C5)nc4C(=O)O)c3C)CCCC(OCCNCCS(=O)(=O)O)(C1)C2.